The van der Waals surface area contributed by atoms with Gasteiger partial charge < -0.3 is 182 Å². The SMILES string of the molecule is CC(=O)OC1C(O)C(C)OC(OC2C(C)OC(OC(=O)C34CCC(C)(C)CC3C3=CCC5C6(C)CCC(OC7OC(C(=O)O)C(O)C(OC8OCC(O)C(O)C8O)C7OC7OC(CO)C(O)C(O)C7O)C(C)(C=O)C6CCC5(C)C3(C)CC4)C(OC3OC(C)C(OC4OCC(O)C(OC5OCC(O)C(O)C5O)C4O)C(O)C3O)C2O)C1O. The van der Waals surface area contributed by atoms with Gasteiger partial charge in [-0.2, -0.15) is 0 Å². The summed E-state index contributed by atoms with van der Waals surface area (Å²) >= 11 is 0. The number of hydrogen-bond donors (Lipinski definition) is 19. The molecule has 19 N–H and O–H groups in total. The Balaban J connectivity index is 0.763. The molecule has 46 unspecified atom stereocenters. The van der Waals surface area contributed by atoms with Crippen LogP contribution in [0.3, 0.4) is 0 Å². The first-order valence-corrected chi connectivity index (χ1v) is 40.6. The van der Waals surface area contributed by atoms with E-state index in [4.69, 9.17) is 80.5 Å². The number of aliphatic carboxylic acids is 1. The summed E-state index contributed by atoms with van der Waals surface area (Å²) in [6.45, 7) is 15.4. The van der Waals surface area contributed by atoms with Crippen LogP contribution in [-0.2, 0) is 99.7 Å². The van der Waals surface area contributed by atoms with Gasteiger partial charge in [0.05, 0.1) is 61.7 Å². The molecule has 40 heteroatoms. The van der Waals surface area contributed by atoms with Crippen molar-refractivity contribution in [3.8, 4) is 0 Å². The van der Waals surface area contributed by atoms with E-state index in [-0.39, 0.29) is 24.2 Å². The second-order valence-electron chi connectivity index (χ2n) is 36.4. The number of allylic oxidation sites excluding steroid dienone is 2. The molecule has 668 valence electrons. The number of carboxylic acids is 1. The number of carboxylic acid groups (broad SMARTS) is 1. The Morgan fingerprint density at radius 1 is 0.453 bits per heavy atom. The lowest BCUT2D eigenvalue weighted by atomic mass is 9.33. The van der Waals surface area contributed by atoms with Gasteiger partial charge in [0.1, 0.15) is 147 Å². The number of carbonyl (C=O) groups excluding carboxylic acids is 3. The van der Waals surface area contributed by atoms with Crippen molar-refractivity contribution in [2.24, 2.45) is 50.2 Å². The van der Waals surface area contributed by atoms with Gasteiger partial charge >= 0.3 is 17.9 Å². The average molecular weight is 1690 g/mol. The number of rotatable bonds is 20. The highest BCUT2D eigenvalue weighted by atomic mass is 16.8. The number of carbonyl (C=O) groups is 4. The third-order valence-corrected chi connectivity index (χ3v) is 28.8. The van der Waals surface area contributed by atoms with Crippen molar-refractivity contribution in [1.82, 2.24) is 0 Å². The molecule has 46 atom stereocenters. The first-order chi connectivity index (χ1) is 54.9. The van der Waals surface area contributed by atoms with Crippen molar-refractivity contribution in [2.75, 3.05) is 26.4 Å². The molecule has 13 aliphatic rings. The predicted octanol–water partition coefficient (Wildman–Crippen LogP) is -5.90. The topological polar surface area (TPSA) is 610 Å². The van der Waals surface area contributed by atoms with Gasteiger partial charge in [-0.15, -0.1) is 0 Å². The first kappa shape index (κ1) is 91.2. The summed E-state index contributed by atoms with van der Waals surface area (Å²) in [6, 6.07) is 0. The van der Waals surface area contributed by atoms with E-state index in [1.54, 1.807) is 6.92 Å². The fraction of sp³-hybridized carbons (Fsp3) is 0.922. The fourth-order valence-corrected chi connectivity index (χ4v) is 21.7. The smallest absolute Gasteiger partial charge is 0.335 e. The van der Waals surface area contributed by atoms with Crippen molar-refractivity contribution in [2.45, 2.75) is 367 Å². The van der Waals surface area contributed by atoms with Crippen LogP contribution in [0.4, 0.5) is 0 Å². The summed E-state index contributed by atoms with van der Waals surface area (Å²) in [4.78, 5) is 55.8. The Labute approximate surface area is 673 Å². The van der Waals surface area contributed by atoms with Crippen molar-refractivity contribution in [3.05, 3.63) is 11.6 Å². The average Bonchev–Trinajstić information content (AvgIpc) is 0.673. The van der Waals surface area contributed by atoms with E-state index in [1.807, 2.05) is 0 Å². The van der Waals surface area contributed by atoms with Crippen molar-refractivity contribution >= 4 is 24.2 Å². The maximum Gasteiger partial charge on any atom is 0.335 e. The van der Waals surface area contributed by atoms with Gasteiger partial charge in [-0.1, -0.05) is 53.2 Å². The summed E-state index contributed by atoms with van der Waals surface area (Å²) in [6.07, 6.45) is -60.2. The highest BCUT2D eigenvalue weighted by molar-refractivity contribution is 5.79. The number of hydrogen-bond acceptors (Lipinski definition) is 39. The number of aliphatic hydroxyl groups is 18. The van der Waals surface area contributed by atoms with Gasteiger partial charge in [0.15, 0.2) is 62.3 Å². The molecular formula is C77H120O40. The third kappa shape index (κ3) is 16.4. The Bertz CT molecular complexity index is 3490. The van der Waals surface area contributed by atoms with Crippen LogP contribution in [-0.4, -0.2) is 381 Å². The Kier molecular flexibility index (Phi) is 27.1. The predicted molar refractivity (Wildman–Crippen MR) is 382 cm³/mol. The lowest BCUT2D eigenvalue weighted by Gasteiger charge is -2.71. The lowest BCUT2D eigenvalue weighted by Crippen LogP contribution is -2.69. The van der Waals surface area contributed by atoms with E-state index in [0.29, 0.717) is 51.4 Å². The van der Waals surface area contributed by atoms with Crippen LogP contribution in [0, 0.1) is 50.2 Å². The zero-order valence-electron chi connectivity index (χ0n) is 66.8. The van der Waals surface area contributed by atoms with Gasteiger partial charge in [-0.05, 0) is 124 Å². The number of esters is 2. The number of ether oxygens (including phenoxy) is 17. The summed E-state index contributed by atoms with van der Waals surface area (Å²) in [5.41, 5.74) is -3.89. The van der Waals surface area contributed by atoms with Crippen molar-refractivity contribution in [3.63, 3.8) is 0 Å². The molecule has 0 aromatic rings. The monoisotopic (exact) mass is 1680 g/mol. The molecule has 8 aliphatic heterocycles. The highest BCUT2D eigenvalue weighted by Gasteiger charge is 2.72. The van der Waals surface area contributed by atoms with Crippen molar-refractivity contribution in [1.29, 1.82) is 0 Å². The molecule has 0 aromatic heterocycles. The molecule has 13 rings (SSSR count). The molecular weight excluding hydrogens is 1560 g/mol. The first-order valence-electron chi connectivity index (χ1n) is 40.6. The van der Waals surface area contributed by atoms with Gasteiger partial charge in [-0.3, -0.25) is 9.59 Å². The van der Waals surface area contributed by atoms with E-state index < -0.39 is 317 Å². The minimum Gasteiger partial charge on any atom is -0.479 e. The van der Waals surface area contributed by atoms with E-state index >= 15 is 4.79 Å². The largest absolute Gasteiger partial charge is 0.479 e. The zero-order valence-corrected chi connectivity index (χ0v) is 66.8. The number of aliphatic hydroxyl groups excluding tert-OH is 18. The van der Waals surface area contributed by atoms with Crippen LogP contribution in [0.1, 0.15) is 133 Å². The molecule has 8 heterocycles. The van der Waals surface area contributed by atoms with Gasteiger partial charge in [0, 0.05) is 6.92 Å². The summed E-state index contributed by atoms with van der Waals surface area (Å²) in [7, 11) is 0. The maximum atomic E-state index is 16.2. The molecule has 0 radical (unpaired) electrons. The molecule has 117 heavy (non-hydrogen) atoms. The minimum absolute atomic E-state index is 0.114. The lowest BCUT2D eigenvalue weighted by molar-refractivity contribution is -0.391. The fourth-order valence-electron chi connectivity index (χ4n) is 21.7. The normalized spacial score (nSPS) is 53.9. The summed E-state index contributed by atoms with van der Waals surface area (Å²) < 4.78 is 102. The molecule has 5 aliphatic carbocycles. The van der Waals surface area contributed by atoms with E-state index in [2.05, 4.69) is 40.7 Å². The van der Waals surface area contributed by atoms with E-state index in [0.717, 1.165) is 18.8 Å². The molecule has 0 amide bonds. The standard InChI is InChI=1S/C77H120O40/c1-27-40(84)57(107-30(4)80)53(97)68(104-27)111-55-29(3)106-69(60(50(55)94)115-66-49(93)45(89)54(28(2)105-66)110-65-52(96)56(35(83)25-103-65)112-63-46(90)41(85)33(81)23-101-63)117-71(100)77-19-17-72(5,6)21-32(77)31-11-12-38-73(7)15-14-39(74(8,26-79)37(73)13-16-76(38,10)75(31,9)18-20-77)109-70-61(116-67-48(92)44(88)43(87)36(22-78)108-67)58(51(95)59(114-70)62(98)99)113-64-47(91)42(86)34(82)24-102-64/h11,26-29,32-61,63-70,78,81-97H,12-25H2,1-10H3,(H,98,99). The maximum absolute atomic E-state index is 16.2. The molecule has 0 spiro atoms. The van der Waals surface area contributed by atoms with Gasteiger partial charge in [-0.25, -0.2) is 4.79 Å². The Morgan fingerprint density at radius 3 is 1.58 bits per heavy atom. The van der Waals surface area contributed by atoms with Gasteiger partial charge in [0.2, 0.25) is 6.29 Å². The third-order valence-electron chi connectivity index (χ3n) is 28.8. The second-order valence-corrected chi connectivity index (χ2v) is 36.4. The van der Waals surface area contributed by atoms with Crippen LogP contribution in [0.15, 0.2) is 11.6 Å². The highest BCUT2D eigenvalue weighted by Crippen LogP contribution is 2.76. The molecule has 0 bridgehead atoms. The number of fused-ring (bicyclic) bond motifs is 7. The molecule has 40 nitrogen and oxygen atoms in total. The molecule has 4 saturated carbocycles. The molecule has 0 aromatic carbocycles. The Hall–Kier alpha value is -3.50. The van der Waals surface area contributed by atoms with Gasteiger partial charge in [0.25, 0.3) is 0 Å². The molecule has 12 fully saturated rings. The number of aldehydes is 1. The summed E-state index contributed by atoms with van der Waals surface area (Å²) in [5.74, 6) is -4.44. The van der Waals surface area contributed by atoms with Crippen LogP contribution in [0.5, 0.6) is 0 Å². The quantitative estimate of drug-likeness (QED) is 0.0234. The van der Waals surface area contributed by atoms with Crippen LogP contribution in [0.25, 0.3) is 0 Å². The van der Waals surface area contributed by atoms with Crippen molar-refractivity contribution < 1.29 is 197 Å². The molecule has 8 saturated heterocycles. The van der Waals surface area contributed by atoms with Crippen LogP contribution < -0.4 is 0 Å². The van der Waals surface area contributed by atoms with Crippen LogP contribution in [0.2, 0.25) is 0 Å². The minimum atomic E-state index is -2.23. The Morgan fingerprint density at radius 2 is 0.966 bits per heavy atom. The summed E-state index contributed by atoms with van der Waals surface area (Å²) in [5, 5.41) is 210. The zero-order chi connectivity index (χ0) is 85.3. The van der Waals surface area contributed by atoms with Crippen LogP contribution >= 0.6 is 0 Å². The second kappa shape index (κ2) is 34.8. The van der Waals surface area contributed by atoms with E-state index in [1.165, 1.54) is 20.8 Å². The van der Waals surface area contributed by atoms with E-state index in [9.17, 15) is 111 Å².